The SMILES string of the molecule is C=CCOc1cccc(/C=C(/C#N)C(=O)Nc2cc(C)ccc2C)c1. The summed E-state index contributed by atoms with van der Waals surface area (Å²) in [5.74, 6) is 0.217. The lowest BCUT2D eigenvalue weighted by atomic mass is 10.1. The number of rotatable bonds is 6. The van der Waals surface area contributed by atoms with E-state index in [1.807, 2.05) is 56.3 Å². The second-order valence-electron chi connectivity index (χ2n) is 5.61. The molecule has 25 heavy (non-hydrogen) atoms. The Kier molecular flexibility index (Phi) is 6.14. The first-order valence-corrected chi connectivity index (χ1v) is 7.87. The van der Waals surface area contributed by atoms with Gasteiger partial charge in [-0.25, -0.2) is 0 Å². The summed E-state index contributed by atoms with van der Waals surface area (Å²) >= 11 is 0. The molecule has 1 amide bonds. The smallest absolute Gasteiger partial charge is 0.266 e. The molecule has 4 heteroatoms. The molecule has 0 saturated heterocycles. The van der Waals surface area contributed by atoms with E-state index >= 15 is 0 Å². The third-order valence-corrected chi connectivity index (χ3v) is 3.54. The molecule has 2 aromatic rings. The van der Waals surface area contributed by atoms with Gasteiger partial charge >= 0.3 is 0 Å². The lowest BCUT2D eigenvalue weighted by Gasteiger charge is -2.09. The Morgan fingerprint density at radius 2 is 2.08 bits per heavy atom. The minimum atomic E-state index is -0.436. The van der Waals surface area contributed by atoms with Gasteiger partial charge in [0.05, 0.1) is 0 Å². The van der Waals surface area contributed by atoms with Crippen LogP contribution in [0.1, 0.15) is 16.7 Å². The van der Waals surface area contributed by atoms with Crippen LogP contribution in [-0.4, -0.2) is 12.5 Å². The Labute approximate surface area is 148 Å². The number of amides is 1. The number of aryl methyl sites for hydroxylation is 2. The van der Waals surface area contributed by atoms with Gasteiger partial charge in [0.1, 0.15) is 24.0 Å². The number of nitrogens with one attached hydrogen (secondary N) is 1. The Bertz CT molecular complexity index is 860. The highest BCUT2D eigenvalue weighted by molar-refractivity contribution is 6.10. The van der Waals surface area contributed by atoms with Crippen molar-refractivity contribution in [2.75, 3.05) is 11.9 Å². The van der Waals surface area contributed by atoms with Gasteiger partial charge in [0.15, 0.2) is 0 Å². The molecule has 0 heterocycles. The van der Waals surface area contributed by atoms with E-state index < -0.39 is 5.91 Å². The van der Waals surface area contributed by atoms with E-state index in [-0.39, 0.29) is 5.57 Å². The number of hydrogen-bond donors (Lipinski definition) is 1. The van der Waals surface area contributed by atoms with Gasteiger partial charge < -0.3 is 10.1 Å². The molecule has 2 rings (SSSR count). The second kappa shape index (κ2) is 8.51. The van der Waals surface area contributed by atoms with Crippen molar-refractivity contribution in [2.24, 2.45) is 0 Å². The molecule has 0 fully saturated rings. The van der Waals surface area contributed by atoms with E-state index in [0.29, 0.717) is 23.6 Å². The van der Waals surface area contributed by atoms with E-state index in [1.54, 1.807) is 18.2 Å². The van der Waals surface area contributed by atoms with E-state index in [2.05, 4.69) is 11.9 Å². The van der Waals surface area contributed by atoms with Crippen LogP contribution < -0.4 is 10.1 Å². The van der Waals surface area contributed by atoms with Gasteiger partial charge in [-0.3, -0.25) is 4.79 Å². The maximum absolute atomic E-state index is 12.4. The van der Waals surface area contributed by atoms with Crippen LogP contribution in [0.2, 0.25) is 0 Å². The summed E-state index contributed by atoms with van der Waals surface area (Å²) in [7, 11) is 0. The zero-order valence-corrected chi connectivity index (χ0v) is 14.4. The Balaban J connectivity index is 2.22. The molecule has 0 aliphatic heterocycles. The van der Waals surface area contributed by atoms with Crippen molar-refractivity contribution in [3.05, 3.63) is 77.4 Å². The van der Waals surface area contributed by atoms with Crippen LogP contribution in [0.4, 0.5) is 5.69 Å². The van der Waals surface area contributed by atoms with E-state index in [0.717, 1.165) is 11.1 Å². The summed E-state index contributed by atoms with van der Waals surface area (Å²) in [5, 5.41) is 12.1. The maximum Gasteiger partial charge on any atom is 0.266 e. The topological polar surface area (TPSA) is 62.1 Å². The standard InChI is InChI=1S/C21H20N2O2/c1-4-10-25-19-7-5-6-17(13-19)12-18(14-22)21(24)23-20-11-15(2)8-9-16(20)3/h4-9,11-13H,1,10H2,2-3H3,(H,23,24)/b18-12-. The van der Waals surface area contributed by atoms with Gasteiger partial charge in [-0.2, -0.15) is 5.26 Å². The molecule has 0 unspecified atom stereocenters. The van der Waals surface area contributed by atoms with Gasteiger partial charge in [0.25, 0.3) is 5.91 Å². The van der Waals surface area contributed by atoms with Crippen LogP contribution in [0.3, 0.4) is 0 Å². The highest BCUT2D eigenvalue weighted by Gasteiger charge is 2.11. The number of nitrogens with zero attached hydrogens (tertiary/aromatic N) is 1. The predicted molar refractivity (Wildman–Crippen MR) is 100 cm³/mol. The van der Waals surface area contributed by atoms with Crippen LogP contribution in [0.15, 0.2) is 60.7 Å². The second-order valence-corrected chi connectivity index (χ2v) is 5.61. The van der Waals surface area contributed by atoms with Crippen molar-refractivity contribution < 1.29 is 9.53 Å². The first kappa shape index (κ1) is 18.0. The molecule has 0 aromatic heterocycles. The molecular formula is C21H20N2O2. The summed E-state index contributed by atoms with van der Waals surface area (Å²) in [4.78, 5) is 12.4. The van der Waals surface area contributed by atoms with Crippen LogP contribution in [0, 0.1) is 25.2 Å². The lowest BCUT2D eigenvalue weighted by Crippen LogP contribution is -2.14. The maximum atomic E-state index is 12.4. The monoisotopic (exact) mass is 332 g/mol. The summed E-state index contributed by atoms with van der Waals surface area (Å²) in [6, 6.07) is 14.9. The summed E-state index contributed by atoms with van der Waals surface area (Å²) in [6.45, 7) is 7.85. The molecule has 0 saturated carbocycles. The van der Waals surface area contributed by atoms with Gasteiger partial charge in [0.2, 0.25) is 0 Å². The number of anilines is 1. The van der Waals surface area contributed by atoms with Crippen molar-refractivity contribution in [3.8, 4) is 11.8 Å². The van der Waals surface area contributed by atoms with E-state index in [4.69, 9.17) is 4.74 Å². The molecule has 0 aliphatic rings. The Hall–Kier alpha value is -3.32. The molecule has 0 spiro atoms. The number of carbonyl (C=O) groups excluding carboxylic acids is 1. The fourth-order valence-corrected chi connectivity index (χ4v) is 2.22. The summed E-state index contributed by atoms with van der Waals surface area (Å²) in [5.41, 5.74) is 3.43. The molecular weight excluding hydrogens is 312 g/mol. The summed E-state index contributed by atoms with van der Waals surface area (Å²) in [6.07, 6.45) is 3.20. The van der Waals surface area contributed by atoms with E-state index in [1.165, 1.54) is 0 Å². The Morgan fingerprint density at radius 1 is 1.28 bits per heavy atom. The molecule has 0 aliphatic carbocycles. The molecule has 2 aromatic carbocycles. The number of carbonyl (C=O) groups is 1. The fraction of sp³-hybridized carbons (Fsp3) is 0.143. The quantitative estimate of drug-likeness (QED) is 0.484. The van der Waals surface area contributed by atoms with Crippen molar-refractivity contribution in [3.63, 3.8) is 0 Å². The zero-order valence-electron chi connectivity index (χ0n) is 14.4. The lowest BCUT2D eigenvalue weighted by molar-refractivity contribution is -0.112. The van der Waals surface area contributed by atoms with Gasteiger partial charge in [-0.1, -0.05) is 36.9 Å². The van der Waals surface area contributed by atoms with Crippen LogP contribution in [0.25, 0.3) is 6.08 Å². The van der Waals surface area contributed by atoms with Crippen LogP contribution in [0.5, 0.6) is 5.75 Å². The predicted octanol–water partition coefficient (Wildman–Crippen LogP) is 4.41. The van der Waals surface area contributed by atoms with Crippen LogP contribution >= 0.6 is 0 Å². The molecule has 0 atom stereocenters. The minimum Gasteiger partial charge on any atom is -0.490 e. The molecule has 1 N–H and O–H groups in total. The normalized spacial score (nSPS) is 10.7. The largest absolute Gasteiger partial charge is 0.490 e. The third kappa shape index (κ3) is 5.08. The number of ether oxygens (including phenoxy) is 1. The van der Waals surface area contributed by atoms with Gasteiger partial charge in [-0.15, -0.1) is 0 Å². The summed E-state index contributed by atoms with van der Waals surface area (Å²) < 4.78 is 5.47. The molecule has 126 valence electrons. The molecule has 0 radical (unpaired) electrons. The average Bonchev–Trinajstić information content (AvgIpc) is 2.61. The minimum absolute atomic E-state index is 0.0294. The molecule has 4 nitrogen and oxygen atoms in total. The van der Waals surface area contributed by atoms with Crippen molar-refractivity contribution in [1.82, 2.24) is 0 Å². The number of nitriles is 1. The van der Waals surface area contributed by atoms with Gasteiger partial charge in [0, 0.05) is 5.69 Å². The number of hydrogen-bond acceptors (Lipinski definition) is 3. The van der Waals surface area contributed by atoms with E-state index in [9.17, 15) is 10.1 Å². The highest BCUT2D eigenvalue weighted by Crippen LogP contribution is 2.19. The van der Waals surface area contributed by atoms with Gasteiger partial charge in [-0.05, 0) is 54.8 Å². The van der Waals surface area contributed by atoms with Crippen molar-refractivity contribution in [1.29, 1.82) is 5.26 Å². The van der Waals surface area contributed by atoms with Crippen molar-refractivity contribution in [2.45, 2.75) is 13.8 Å². The van der Waals surface area contributed by atoms with Crippen molar-refractivity contribution >= 4 is 17.7 Å². The fourth-order valence-electron chi connectivity index (χ4n) is 2.22. The third-order valence-electron chi connectivity index (χ3n) is 3.54. The van der Waals surface area contributed by atoms with Crippen LogP contribution in [-0.2, 0) is 4.79 Å². The average molecular weight is 332 g/mol. The Morgan fingerprint density at radius 3 is 2.80 bits per heavy atom. The zero-order chi connectivity index (χ0) is 18.2. The first-order valence-electron chi connectivity index (χ1n) is 7.87. The number of benzene rings is 2. The highest BCUT2D eigenvalue weighted by atomic mass is 16.5. The molecule has 0 bridgehead atoms. The first-order chi connectivity index (χ1) is 12.0.